The molecular weight excluding hydrogens is 280 g/mol. The molecule has 0 aromatic heterocycles. The number of anilines is 1. The fraction of sp³-hybridized carbons (Fsp3) is 0.529. The molecule has 0 radical (unpaired) electrons. The van der Waals surface area contributed by atoms with Crippen molar-refractivity contribution in [2.45, 2.75) is 33.2 Å². The van der Waals surface area contributed by atoms with Gasteiger partial charge in [0.05, 0.1) is 0 Å². The van der Waals surface area contributed by atoms with Crippen LogP contribution in [0.1, 0.15) is 32.3 Å². The Morgan fingerprint density at radius 1 is 1.27 bits per heavy atom. The summed E-state index contributed by atoms with van der Waals surface area (Å²) in [5.41, 5.74) is 1.73. The zero-order valence-corrected chi connectivity index (χ0v) is 13.2. The van der Waals surface area contributed by atoms with E-state index in [-0.39, 0.29) is 23.7 Å². The number of carbonyl (C=O) groups is 2. The molecule has 2 N–H and O–H groups in total. The lowest BCUT2D eigenvalue weighted by molar-refractivity contribution is -0.128. The van der Waals surface area contributed by atoms with Crippen LogP contribution < -0.4 is 10.6 Å². The lowest BCUT2D eigenvalue weighted by atomic mass is 9.99. The third-order valence-corrected chi connectivity index (χ3v) is 3.78. The predicted molar refractivity (Wildman–Crippen MR) is 85.3 cm³/mol. The minimum absolute atomic E-state index is 0.0107. The monoisotopic (exact) mass is 304 g/mol. The van der Waals surface area contributed by atoms with Crippen molar-refractivity contribution in [1.29, 1.82) is 0 Å². The number of carbonyl (C=O) groups excluding carboxylic acids is 2. The van der Waals surface area contributed by atoms with Crippen molar-refractivity contribution in [3.8, 4) is 0 Å². The summed E-state index contributed by atoms with van der Waals surface area (Å²) in [7, 11) is 0. The van der Waals surface area contributed by atoms with Crippen LogP contribution in [0.3, 0.4) is 0 Å². The number of ether oxygens (including phenoxy) is 1. The average Bonchev–Trinajstić information content (AvgIpc) is 2.53. The normalized spacial score (nSPS) is 15.6. The van der Waals surface area contributed by atoms with Gasteiger partial charge in [0.1, 0.15) is 0 Å². The van der Waals surface area contributed by atoms with Crippen molar-refractivity contribution in [3.63, 3.8) is 0 Å². The molecule has 0 bridgehead atoms. The maximum Gasteiger partial charge on any atom is 0.226 e. The van der Waals surface area contributed by atoms with E-state index in [4.69, 9.17) is 4.74 Å². The van der Waals surface area contributed by atoms with Gasteiger partial charge < -0.3 is 15.4 Å². The van der Waals surface area contributed by atoms with Gasteiger partial charge in [0.15, 0.2) is 0 Å². The Kier molecular flexibility index (Phi) is 5.95. The highest BCUT2D eigenvalue weighted by Crippen LogP contribution is 2.16. The van der Waals surface area contributed by atoms with E-state index in [0.717, 1.165) is 24.1 Å². The van der Waals surface area contributed by atoms with Gasteiger partial charge in [-0.05, 0) is 30.5 Å². The summed E-state index contributed by atoms with van der Waals surface area (Å²) in [4.78, 5) is 23.8. The summed E-state index contributed by atoms with van der Waals surface area (Å²) in [5, 5.41) is 5.83. The average molecular weight is 304 g/mol. The summed E-state index contributed by atoms with van der Waals surface area (Å²) in [6.45, 7) is 5.51. The van der Waals surface area contributed by atoms with Crippen LogP contribution in [0.4, 0.5) is 5.69 Å². The second-order valence-corrected chi connectivity index (χ2v) is 5.95. The van der Waals surface area contributed by atoms with Gasteiger partial charge in [-0.2, -0.15) is 0 Å². The molecule has 0 unspecified atom stereocenters. The maximum absolute atomic E-state index is 12.1. The van der Waals surface area contributed by atoms with Crippen LogP contribution in [-0.4, -0.2) is 25.0 Å². The molecule has 1 aliphatic heterocycles. The molecular formula is C17H24N2O3. The molecule has 1 aromatic carbocycles. The van der Waals surface area contributed by atoms with Crippen molar-refractivity contribution in [2.75, 3.05) is 18.5 Å². The van der Waals surface area contributed by atoms with Crippen LogP contribution in [0, 0.1) is 11.8 Å². The predicted octanol–water partition coefficient (Wildman–Crippen LogP) is 2.32. The number of nitrogens with one attached hydrogen (secondary N) is 2. The molecule has 0 aliphatic carbocycles. The lowest BCUT2D eigenvalue weighted by Crippen LogP contribution is -2.33. The van der Waals surface area contributed by atoms with Gasteiger partial charge in [0.2, 0.25) is 11.8 Å². The fourth-order valence-corrected chi connectivity index (χ4v) is 2.34. The highest BCUT2D eigenvalue weighted by atomic mass is 16.5. The van der Waals surface area contributed by atoms with Crippen LogP contribution in [-0.2, 0) is 20.9 Å². The van der Waals surface area contributed by atoms with E-state index in [1.165, 1.54) is 0 Å². The van der Waals surface area contributed by atoms with E-state index in [9.17, 15) is 9.59 Å². The number of amides is 2. The Morgan fingerprint density at radius 2 is 2.00 bits per heavy atom. The molecule has 1 aromatic rings. The second-order valence-electron chi connectivity index (χ2n) is 5.95. The van der Waals surface area contributed by atoms with Crippen LogP contribution in [0.2, 0.25) is 0 Å². The zero-order valence-electron chi connectivity index (χ0n) is 13.2. The fourth-order valence-electron chi connectivity index (χ4n) is 2.34. The van der Waals surface area contributed by atoms with Gasteiger partial charge in [-0.3, -0.25) is 9.59 Å². The Balaban J connectivity index is 1.87. The van der Waals surface area contributed by atoms with E-state index in [2.05, 4.69) is 10.6 Å². The Hall–Kier alpha value is -1.88. The Morgan fingerprint density at radius 3 is 2.68 bits per heavy atom. The second kappa shape index (κ2) is 7.94. The molecule has 1 fully saturated rings. The number of hydrogen-bond acceptors (Lipinski definition) is 3. The van der Waals surface area contributed by atoms with E-state index in [1.54, 1.807) is 0 Å². The van der Waals surface area contributed by atoms with Crippen molar-refractivity contribution in [1.82, 2.24) is 5.32 Å². The quantitative estimate of drug-likeness (QED) is 0.877. The Bertz CT molecular complexity index is 522. The molecule has 2 amide bonds. The molecule has 5 heteroatoms. The van der Waals surface area contributed by atoms with Crippen LogP contribution in [0.25, 0.3) is 0 Å². The molecule has 1 saturated heterocycles. The van der Waals surface area contributed by atoms with Gasteiger partial charge in [-0.15, -0.1) is 0 Å². The van der Waals surface area contributed by atoms with Crippen molar-refractivity contribution in [3.05, 3.63) is 29.8 Å². The third kappa shape index (κ3) is 4.84. The van der Waals surface area contributed by atoms with E-state index >= 15 is 0 Å². The molecule has 120 valence electrons. The summed E-state index contributed by atoms with van der Waals surface area (Å²) < 4.78 is 5.26. The zero-order chi connectivity index (χ0) is 15.9. The highest BCUT2D eigenvalue weighted by Gasteiger charge is 2.21. The van der Waals surface area contributed by atoms with Crippen molar-refractivity contribution >= 4 is 17.5 Å². The van der Waals surface area contributed by atoms with Crippen LogP contribution in [0.5, 0.6) is 0 Å². The van der Waals surface area contributed by atoms with Crippen molar-refractivity contribution < 1.29 is 14.3 Å². The highest BCUT2D eigenvalue weighted by molar-refractivity contribution is 5.92. The van der Waals surface area contributed by atoms with E-state index in [1.807, 2.05) is 38.1 Å². The minimum Gasteiger partial charge on any atom is -0.381 e. The largest absolute Gasteiger partial charge is 0.381 e. The summed E-state index contributed by atoms with van der Waals surface area (Å²) in [5.74, 6) is 0.0674. The number of benzene rings is 1. The minimum atomic E-state index is -0.0584. The van der Waals surface area contributed by atoms with Gasteiger partial charge in [-0.25, -0.2) is 0 Å². The molecule has 1 heterocycles. The van der Waals surface area contributed by atoms with Gasteiger partial charge in [0.25, 0.3) is 0 Å². The molecule has 0 atom stereocenters. The molecule has 0 spiro atoms. The summed E-state index contributed by atoms with van der Waals surface area (Å²) in [6.07, 6.45) is 1.58. The SMILES string of the molecule is CC(C)C(=O)Nc1cccc(CNC(=O)C2CCOCC2)c1. The first-order valence-electron chi connectivity index (χ1n) is 7.81. The van der Waals surface area contributed by atoms with E-state index < -0.39 is 0 Å². The first kappa shape index (κ1) is 16.5. The standard InChI is InChI=1S/C17H24N2O3/c1-12(2)16(20)19-15-5-3-4-13(10-15)11-18-17(21)14-6-8-22-9-7-14/h3-5,10,12,14H,6-9,11H2,1-2H3,(H,18,21)(H,19,20). The first-order chi connectivity index (χ1) is 10.6. The lowest BCUT2D eigenvalue weighted by Gasteiger charge is -2.21. The van der Waals surface area contributed by atoms with Crippen LogP contribution in [0.15, 0.2) is 24.3 Å². The maximum atomic E-state index is 12.1. The van der Waals surface area contributed by atoms with Crippen molar-refractivity contribution in [2.24, 2.45) is 11.8 Å². The topological polar surface area (TPSA) is 67.4 Å². The number of rotatable bonds is 5. The number of hydrogen-bond donors (Lipinski definition) is 2. The van der Waals surface area contributed by atoms with Gasteiger partial charge in [-0.1, -0.05) is 26.0 Å². The van der Waals surface area contributed by atoms with Gasteiger partial charge >= 0.3 is 0 Å². The van der Waals surface area contributed by atoms with E-state index in [0.29, 0.717) is 19.8 Å². The molecule has 5 nitrogen and oxygen atoms in total. The Labute approximate surface area is 131 Å². The smallest absolute Gasteiger partial charge is 0.226 e. The summed E-state index contributed by atoms with van der Waals surface area (Å²) in [6, 6.07) is 7.57. The molecule has 2 rings (SSSR count). The molecule has 0 saturated carbocycles. The molecule has 22 heavy (non-hydrogen) atoms. The third-order valence-electron chi connectivity index (χ3n) is 3.78. The molecule has 1 aliphatic rings. The van der Waals surface area contributed by atoms with Gasteiger partial charge in [0, 0.05) is 37.3 Å². The first-order valence-corrected chi connectivity index (χ1v) is 7.81. The van der Waals surface area contributed by atoms with Crippen LogP contribution >= 0.6 is 0 Å². The summed E-state index contributed by atoms with van der Waals surface area (Å²) >= 11 is 0.